The molecule has 1 aromatic carbocycles. The van der Waals surface area contributed by atoms with Gasteiger partial charge in [0, 0.05) is 11.4 Å². The van der Waals surface area contributed by atoms with Gasteiger partial charge in [0.05, 0.1) is 6.61 Å². The third-order valence-electron chi connectivity index (χ3n) is 2.89. The number of thioether (sulfide) groups is 1. The highest BCUT2D eigenvalue weighted by molar-refractivity contribution is 7.98. The van der Waals surface area contributed by atoms with E-state index in [4.69, 9.17) is 4.74 Å². The Labute approximate surface area is 130 Å². The molecule has 0 saturated carbocycles. The first kappa shape index (κ1) is 16.2. The number of nitrogens with one attached hydrogen (secondary N) is 1. The summed E-state index contributed by atoms with van der Waals surface area (Å²) in [4.78, 5) is 29.8. The number of halogens is 1. The van der Waals surface area contributed by atoms with E-state index in [1.165, 1.54) is 6.07 Å². The van der Waals surface area contributed by atoms with Gasteiger partial charge in [-0.05, 0) is 25.5 Å². The van der Waals surface area contributed by atoms with E-state index >= 15 is 0 Å². The molecule has 2 aromatic rings. The number of esters is 1. The Morgan fingerprint density at radius 2 is 2.14 bits per heavy atom. The number of H-pyrrole nitrogens is 1. The molecule has 5 nitrogen and oxygen atoms in total. The molecule has 116 valence electrons. The highest BCUT2D eigenvalue weighted by atomic mass is 32.2. The molecule has 0 spiro atoms. The van der Waals surface area contributed by atoms with Gasteiger partial charge in [-0.2, -0.15) is 4.98 Å². The normalized spacial score (nSPS) is 10.5. The van der Waals surface area contributed by atoms with Gasteiger partial charge in [0.25, 0.3) is 0 Å². The Kier molecular flexibility index (Phi) is 5.32. The molecular formula is C15H15FN2O3S. The summed E-state index contributed by atoms with van der Waals surface area (Å²) in [6, 6.07) is 6.33. The maximum absolute atomic E-state index is 13.6. The molecule has 7 heteroatoms. The van der Waals surface area contributed by atoms with E-state index in [0.717, 1.165) is 11.8 Å². The zero-order valence-electron chi connectivity index (χ0n) is 12.2. The monoisotopic (exact) mass is 322 g/mol. The first-order valence-electron chi connectivity index (χ1n) is 6.67. The van der Waals surface area contributed by atoms with Crippen molar-refractivity contribution in [2.45, 2.75) is 24.6 Å². The van der Waals surface area contributed by atoms with Crippen molar-refractivity contribution in [3.63, 3.8) is 0 Å². The lowest BCUT2D eigenvalue weighted by molar-refractivity contribution is 0.0519. The van der Waals surface area contributed by atoms with E-state index in [1.54, 1.807) is 32.0 Å². The summed E-state index contributed by atoms with van der Waals surface area (Å²) < 4.78 is 18.6. The van der Waals surface area contributed by atoms with Crippen molar-refractivity contribution in [1.82, 2.24) is 9.97 Å². The van der Waals surface area contributed by atoms with Crippen molar-refractivity contribution in [3.05, 3.63) is 57.4 Å². The van der Waals surface area contributed by atoms with E-state index in [1.807, 2.05) is 0 Å². The number of ether oxygens (including phenoxy) is 1. The molecule has 1 aromatic heterocycles. The SMILES string of the molecule is CCOC(=O)c1c(SCc2ccccc2F)nc(=O)[nH]c1C. The number of benzene rings is 1. The molecule has 0 atom stereocenters. The van der Waals surface area contributed by atoms with Crippen molar-refractivity contribution >= 4 is 17.7 Å². The second-order valence-corrected chi connectivity index (χ2v) is 5.41. The van der Waals surface area contributed by atoms with Gasteiger partial charge in [-0.3, -0.25) is 0 Å². The van der Waals surface area contributed by atoms with Crippen molar-refractivity contribution < 1.29 is 13.9 Å². The van der Waals surface area contributed by atoms with Gasteiger partial charge >= 0.3 is 11.7 Å². The number of nitrogens with zero attached hydrogens (tertiary/aromatic N) is 1. The molecule has 0 aliphatic carbocycles. The van der Waals surface area contributed by atoms with Gasteiger partial charge in [0.2, 0.25) is 0 Å². The Hall–Kier alpha value is -2.15. The van der Waals surface area contributed by atoms with Gasteiger partial charge in [0.15, 0.2) is 0 Å². The Balaban J connectivity index is 2.32. The van der Waals surface area contributed by atoms with Crippen LogP contribution in [0.15, 0.2) is 34.1 Å². The molecule has 0 radical (unpaired) electrons. The summed E-state index contributed by atoms with van der Waals surface area (Å²) in [6.45, 7) is 3.51. The largest absolute Gasteiger partial charge is 0.462 e. The third-order valence-corrected chi connectivity index (χ3v) is 3.91. The van der Waals surface area contributed by atoms with Crippen LogP contribution >= 0.6 is 11.8 Å². The minimum atomic E-state index is -0.556. The Bertz CT molecular complexity index is 746. The first-order chi connectivity index (χ1) is 10.5. The fraction of sp³-hybridized carbons (Fsp3) is 0.267. The molecular weight excluding hydrogens is 307 g/mol. The lowest BCUT2D eigenvalue weighted by Crippen LogP contribution is -2.19. The zero-order chi connectivity index (χ0) is 16.1. The lowest BCUT2D eigenvalue weighted by Gasteiger charge is -2.10. The van der Waals surface area contributed by atoms with Crippen molar-refractivity contribution in [1.29, 1.82) is 0 Å². The van der Waals surface area contributed by atoms with Crippen LogP contribution in [0.2, 0.25) is 0 Å². The molecule has 0 amide bonds. The number of aryl methyl sites for hydroxylation is 1. The van der Waals surface area contributed by atoms with E-state index in [2.05, 4.69) is 9.97 Å². The van der Waals surface area contributed by atoms with Crippen LogP contribution in [-0.4, -0.2) is 22.5 Å². The van der Waals surface area contributed by atoms with Crippen molar-refractivity contribution in [2.75, 3.05) is 6.61 Å². The number of aromatic nitrogens is 2. The molecule has 1 N–H and O–H groups in total. The highest BCUT2D eigenvalue weighted by Gasteiger charge is 2.19. The molecule has 0 unspecified atom stereocenters. The number of rotatable bonds is 5. The molecule has 0 bridgehead atoms. The van der Waals surface area contributed by atoms with Crippen LogP contribution in [0.25, 0.3) is 0 Å². The van der Waals surface area contributed by atoms with E-state index in [9.17, 15) is 14.0 Å². The summed E-state index contributed by atoms with van der Waals surface area (Å²) in [5, 5.41) is 0.239. The summed E-state index contributed by atoms with van der Waals surface area (Å²) >= 11 is 1.12. The van der Waals surface area contributed by atoms with Gasteiger partial charge in [0.1, 0.15) is 16.4 Å². The Morgan fingerprint density at radius 1 is 1.41 bits per heavy atom. The van der Waals surface area contributed by atoms with Crippen molar-refractivity contribution in [2.24, 2.45) is 0 Å². The molecule has 2 rings (SSSR count). The molecule has 0 fully saturated rings. The fourth-order valence-electron chi connectivity index (χ4n) is 1.87. The lowest BCUT2D eigenvalue weighted by atomic mass is 10.2. The van der Waals surface area contributed by atoms with Gasteiger partial charge in [-0.25, -0.2) is 14.0 Å². The fourth-order valence-corrected chi connectivity index (χ4v) is 2.92. The average molecular weight is 322 g/mol. The summed E-state index contributed by atoms with van der Waals surface area (Å²) in [5.41, 5.74) is 0.515. The standard InChI is InChI=1S/C15H15FN2O3S/c1-3-21-14(19)12-9(2)17-15(20)18-13(12)22-8-10-6-4-5-7-11(10)16/h4-7H,3,8H2,1-2H3,(H,17,18,20). The number of hydrogen-bond acceptors (Lipinski definition) is 5. The number of carbonyl (C=O) groups is 1. The second kappa shape index (κ2) is 7.22. The van der Waals surface area contributed by atoms with Crippen LogP contribution in [-0.2, 0) is 10.5 Å². The third kappa shape index (κ3) is 3.73. The average Bonchev–Trinajstić information content (AvgIpc) is 2.46. The molecule has 22 heavy (non-hydrogen) atoms. The zero-order valence-corrected chi connectivity index (χ0v) is 13.0. The predicted molar refractivity (Wildman–Crippen MR) is 81.5 cm³/mol. The van der Waals surface area contributed by atoms with Crippen molar-refractivity contribution in [3.8, 4) is 0 Å². The van der Waals surface area contributed by atoms with Crippen LogP contribution in [0, 0.1) is 12.7 Å². The predicted octanol–water partition coefficient (Wildman–Crippen LogP) is 2.69. The van der Waals surface area contributed by atoms with E-state index in [-0.39, 0.29) is 28.8 Å². The van der Waals surface area contributed by atoms with Gasteiger partial charge in [-0.1, -0.05) is 18.2 Å². The molecule has 0 saturated heterocycles. The molecule has 0 aliphatic rings. The topological polar surface area (TPSA) is 72.0 Å². The van der Waals surface area contributed by atoms with Crippen LogP contribution in [0.1, 0.15) is 28.5 Å². The second-order valence-electron chi connectivity index (χ2n) is 4.45. The number of hydrogen-bond donors (Lipinski definition) is 1. The molecule has 1 heterocycles. The van der Waals surface area contributed by atoms with E-state index < -0.39 is 11.7 Å². The van der Waals surface area contributed by atoms with Crippen LogP contribution < -0.4 is 5.69 Å². The quantitative estimate of drug-likeness (QED) is 0.520. The number of carbonyl (C=O) groups excluding carboxylic acids is 1. The van der Waals surface area contributed by atoms with Crippen LogP contribution in [0.4, 0.5) is 4.39 Å². The minimum Gasteiger partial charge on any atom is -0.462 e. The maximum atomic E-state index is 13.6. The smallest absolute Gasteiger partial charge is 0.346 e. The summed E-state index contributed by atoms with van der Waals surface area (Å²) in [7, 11) is 0. The van der Waals surface area contributed by atoms with Gasteiger partial charge < -0.3 is 9.72 Å². The number of aromatic amines is 1. The minimum absolute atomic E-state index is 0.211. The maximum Gasteiger partial charge on any atom is 0.346 e. The van der Waals surface area contributed by atoms with Crippen LogP contribution in [0.3, 0.4) is 0 Å². The highest BCUT2D eigenvalue weighted by Crippen LogP contribution is 2.26. The summed E-state index contributed by atoms with van der Waals surface area (Å²) in [5.74, 6) is -0.636. The molecule has 0 aliphatic heterocycles. The van der Waals surface area contributed by atoms with E-state index in [0.29, 0.717) is 11.3 Å². The summed E-state index contributed by atoms with van der Waals surface area (Å²) in [6.07, 6.45) is 0. The first-order valence-corrected chi connectivity index (χ1v) is 7.65. The Morgan fingerprint density at radius 3 is 2.82 bits per heavy atom. The van der Waals surface area contributed by atoms with Crippen LogP contribution in [0.5, 0.6) is 0 Å². The van der Waals surface area contributed by atoms with Gasteiger partial charge in [-0.15, -0.1) is 11.8 Å².